The highest BCUT2D eigenvalue weighted by atomic mass is 31.2. The molecule has 0 radical (unpaired) electrons. The molecule has 3 unspecified atom stereocenters. The van der Waals surface area contributed by atoms with Crippen LogP contribution in [0.15, 0.2) is 85.1 Å². The molecule has 1 N–H and O–H groups in total. The number of nitrogens with zero attached hydrogens (tertiary/aromatic N) is 1. The zero-order valence-corrected chi connectivity index (χ0v) is 60.3. The molecule has 0 heterocycles. The molecule has 0 aliphatic carbocycles. The summed E-state index contributed by atoms with van der Waals surface area (Å²) in [6.45, 7) is 6.77. The van der Waals surface area contributed by atoms with Crippen LogP contribution in [0.2, 0.25) is 0 Å². The molecule has 89 heavy (non-hydrogen) atoms. The summed E-state index contributed by atoms with van der Waals surface area (Å²) in [6.07, 6.45) is 91.4. The molecule has 1 amide bonds. The van der Waals surface area contributed by atoms with Crippen LogP contribution in [0.25, 0.3) is 0 Å². The smallest absolute Gasteiger partial charge is 0.306 e. The van der Waals surface area contributed by atoms with E-state index in [1.54, 1.807) is 0 Å². The third-order valence-electron chi connectivity index (χ3n) is 16.8. The van der Waals surface area contributed by atoms with Gasteiger partial charge in [-0.05, 0) is 83.1 Å². The van der Waals surface area contributed by atoms with Gasteiger partial charge in [-0.15, -0.1) is 0 Å². The van der Waals surface area contributed by atoms with E-state index in [2.05, 4.69) is 99.0 Å². The van der Waals surface area contributed by atoms with Gasteiger partial charge in [0.15, 0.2) is 0 Å². The molecule has 0 saturated carbocycles. The van der Waals surface area contributed by atoms with Gasteiger partial charge in [-0.2, -0.15) is 0 Å². The first-order valence-corrected chi connectivity index (χ1v) is 39.4. The predicted molar refractivity (Wildman–Crippen MR) is 385 cm³/mol. The molecule has 0 aromatic carbocycles. The summed E-state index contributed by atoms with van der Waals surface area (Å²) in [7, 11) is 1.18. The average Bonchev–Trinajstić information content (AvgIpc) is 3.54. The van der Waals surface area contributed by atoms with Gasteiger partial charge in [-0.3, -0.25) is 14.2 Å². The Balaban J connectivity index is 5.06. The van der Waals surface area contributed by atoms with Gasteiger partial charge < -0.3 is 28.5 Å². The fourth-order valence-electron chi connectivity index (χ4n) is 11.1. The van der Waals surface area contributed by atoms with E-state index in [1.807, 2.05) is 33.3 Å². The van der Waals surface area contributed by atoms with Gasteiger partial charge in [0, 0.05) is 12.8 Å². The molecule has 0 bridgehead atoms. The summed E-state index contributed by atoms with van der Waals surface area (Å²) in [5.41, 5.74) is 0. The molecule has 10 heteroatoms. The zero-order valence-electron chi connectivity index (χ0n) is 59.4. The van der Waals surface area contributed by atoms with Crippen molar-refractivity contribution in [3.05, 3.63) is 85.1 Å². The predicted octanol–water partition coefficient (Wildman–Crippen LogP) is 23.8. The Morgan fingerprint density at radius 1 is 0.404 bits per heavy atom. The Bertz CT molecular complexity index is 1800. The van der Waals surface area contributed by atoms with E-state index < -0.39 is 26.6 Å². The van der Waals surface area contributed by atoms with Crippen molar-refractivity contribution in [2.24, 2.45) is 0 Å². The van der Waals surface area contributed by atoms with E-state index in [1.165, 1.54) is 199 Å². The van der Waals surface area contributed by atoms with Crippen molar-refractivity contribution in [1.82, 2.24) is 5.32 Å². The molecular formula is C79H145N2O7P. The second kappa shape index (κ2) is 68.1. The second-order valence-corrected chi connectivity index (χ2v) is 28.2. The maximum Gasteiger partial charge on any atom is 0.306 e. The van der Waals surface area contributed by atoms with Crippen LogP contribution in [0.3, 0.4) is 0 Å². The fourth-order valence-corrected chi connectivity index (χ4v) is 11.8. The molecule has 9 nitrogen and oxygen atoms in total. The number of phosphoric ester groups is 1. The van der Waals surface area contributed by atoms with Crippen molar-refractivity contribution in [1.29, 1.82) is 0 Å². The molecular weight excluding hydrogens is 1120 g/mol. The van der Waals surface area contributed by atoms with Crippen molar-refractivity contribution >= 4 is 19.7 Å². The van der Waals surface area contributed by atoms with E-state index in [0.29, 0.717) is 23.9 Å². The Morgan fingerprint density at radius 2 is 0.719 bits per heavy atom. The summed E-state index contributed by atoms with van der Waals surface area (Å²) in [5.74, 6) is -0.545. The quantitative estimate of drug-likeness (QED) is 0.0212. The first kappa shape index (κ1) is 86.2. The summed E-state index contributed by atoms with van der Waals surface area (Å²) in [4.78, 5) is 40.3. The summed E-state index contributed by atoms with van der Waals surface area (Å²) >= 11 is 0. The largest absolute Gasteiger partial charge is 0.756 e. The molecule has 518 valence electrons. The van der Waals surface area contributed by atoms with Crippen LogP contribution in [-0.4, -0.2) is 69.4 Å². The van der Waals surface area contributed by atoms with Crippen molar-refractivity contribution < 1.29 is 37.3 Å². The van der Waals surface area contributed by atoms with E-state index in [-0.39, 0.29) is 24.9 Å². The van der Waals surface area contributed by atoms with Gasteiger partial charge in [-0.25, -0.2) is 0 Å². The number of ether oxygens (including phenoxy) is 1. The van der Waals surface area contributed by atoms with Crippen LogP contribution in [0.1, 0.15) is 355 Å². The third-order valence-corrected chi connectivity index (χ3v) is 17.8. The minimum atomic E-state index is -4.71. The SMILES string of the molecule is CC/C=C\C/C=C\C/C=C\C/C=C\C/C=C\C/C=C\CCCCCCCCC(=O)OC(/C=C/CCCCCCCCCCCCC)C(COP(=O)([O-])OCC[N+](C)(C)C)NC(=O)CCCCCCCCCCCCCCCCCCCCCCCCCCC. The molecule has 0 saturated heterocycles. The Morgan fingerprint density at radius 3 is 1.08 bits per heavy atom. The highest BCUT2D eigenvalue weighted by Crippen LogP contribution is 2.38. The van der Waals surface area contributed by atoms with Crippen molar-refractivity contribution in [3.63, 3.8) is 0 Å². The summed E-state index contributed by atoms with van der Waals surface area (Å²) in [5, 5.41) is 3.05. The highest BCUT2D eigenvalue weighted by Gasteiger charge is 2.27. The first-order chi connectivity index (χ1) is 43.4. The van der Waals surface area contributed by atoms with Gasteiger partial charge >= 0.3 is 5.97 Å². The summed E-state index contributed by atoms with van der Waals surface area (Å²) in [6, 6.07) is -0.898. The molecule has 0 rings (SSSR count). The van der Waals surface area contributed by atoms with E-state index in [0.717, 1.165) is 116 Å². The van der Waals surface area contributed by atoms with Gasteiger partial charge in [0.2, 0.25) is 5.91 Å². The van der Waals surface area contributed by atoms with Crippen LogP contribution < -0.4 is 10.2 Å². The van der Waals surface area contributed by atoms with E-state index in [4.69, 9.17) is 13.8 Å². The van der Waals surface area contributed by atoms with Gasteiger partial charge in [0.25, 0.3) is 7.82 Å². The van der Waals surface area contributed by atoms with Crippen LogP contribution in [-0.2, 0) is 27.9 Å². The van der Waals surface area contributed by atoms with Crippen molar-refractivity contribution in [2.45, 2.75) is 367 Å². The minimum absolute atomic E-state index is 0.0261. The number of nitrogens with one attached hydrogen (secondary N) is 1. The highest BCUT2D eigenvalue weighted by molar-refractivity contribution is 7.45. The number of hydrogen-bond acceptors (Lipinski definition) is 7. The lowest BCUT2D eigenvalue weighted by molar-refractivity contribution is -0.870. The number of allylic oxidation sites excluding steroid dienone is 13. The lowest BCUT2D eigenvalue weighted by Crippen LogP contribution is -2.47. The van der Waals surface area contributed by atoms with Gasteiger partial charge in [-0.1, -0.05) is 344 Å². The molecule has 0 aliphatic heterocycles. The molecule has 3 atom stereocenters. The number of phosphoric acid groups is 1. The molecule has 0 spiro atoms. The van der Waals surface area contributed by atoms with Crippen LogP contribution in [0, 0.1) is 0 Å². The van der Waals surface area contributed by atoms with Gasteiger partial charge in [0.05, 0.1) is 33.8 Å². The first-order valence-electron chi connectivity index (χ1n) is 37.9. The van der Waals surface area contributed by atoms with E-state index >= 15 is 0 Å². The monoisotopic (exact) mass is 1270 g/mol. The molecule has 0 aromatic heterocycles. The number of carbonyl (C=O) groups excluding carboxylic acids is 2. The van der Waals surface area contributed by atoms with Crippen LogP contribution in [0.5, 0.6) is 0 Å². The van der Waals surface area contributed by atoms with Crippen molar-refractivity contribution in [3.8, 4) is 0 Å². The number of unbranched alkanes of at least 4 members (excludes halogenated alkanes) is 41. The minimum Gasteiger partial charge on any atom is -0.756 e. The number of quaternary nitrogens is 1. The lowest BCUT2D eigenvalue weighted by atomic mass is 10.0. The average molecular weight is 1270 g/mol. The number of esters is 1. The maximum atomic E-state index is 13.6. The molecule has 0 aliphatic rings. The number of amides is 1. The third kappa shape index (κ3) is 69.4. The van der Waals surface area contributed by atoms with E-state index in [9.17, 15) is 19.0 Å². The summed E-state index contributed by atoms with van der Waals surface area (Å²) < 4.78 is 30.5. The van der Waals surface area contributed by atoms with Gasteiger partial charge in [0.1, 0.15) is 19.3 Å². The standard InChI is InChI=1S/C79H145N2O7P/c1-7-10-13-16-19-22-25-28-30-32-34-36-38-40-42-44-46-48-50-53-56-59-62-65-68-71-78(82)80-76(75-87-89(84,85)86-74-73-81(4,5)6)77(70-67-64-61-58-55-52-27-24-21-18-15-12-9-3)88-79(83)72-69-66-63-60-57-54-51-49-47-45-43-41-39-37-35-33-31-29-26-23-20-17-14-11-8-2/h11,14,20,23,29,31,35,37,41,43,47,49,67,70,76-77H,7-10,12-13,15-19,21-22,24-28,30,32-34,36,38-40,42,44-46,48,50-66,68-69,71-75H2,1-6H3,(H-,80,82,84,85)/b14-11-,23-20-,31-29-,37-35-,43-41-,49-47-,70-67+. The van der Waals surface area contributed by atoms with Crippen LogP contribution >= 0.6 is 7.82 Å². The number of hydrogen-bond donors (Lipinski definition) is 1. The molecule has 0 fully saturated rings. The molecule has 0 aromatic rings. The number of rotatable bonds is 69. The Labute approximate surface area is 552 Å². The topological polar surface area (TPSA) is 114 Å². The van der Waals surface area contributed by atoms with Crippen LogP contribution in [0.4, 0.5) is 0 Å². The number of likely N-dealkylation sites (N-methyl/N-ethyl adjacent to an activating group) is 1. The maximum absolute atomic E-state index is 13.6. The second-order valence-electron chi connectivity index (χ2n) is 26.8. The fraction of sp³-hybridized carbons (Fsp3) is 0.797. The normalized spacial score (nSPS) is 13.9. The Hall–Kier alpha value is -2.81. The lowest BCUT2D eigenvalue weighted by Gasteiger charge is -2.30. The number of carbonyl (C=O) groups is 2. The Kier molecular flexibility index (Phi) is 65.9. The van der Waals surface area contributed by atoms with Crippen molar-refractivity contribution in [2.75, 3.05) is 40.9 Å². The zero-order chi connectivity index (χ0) is 64.9.